The number of anilines is 1. The highest BCUT2D eigenvalue weighted by atomic mass is 79.9. The van der Waals surface area contributed by atoms with Gasteiger partial charge in [0, 0.05) is 29.0 Å². The molecule has 1 atom stereocenters. The fourth-order valence-electron chi connectivity index (χ4n) is 1.93. The van der Waals surface area contributed by atoms with Gasteiger partial charge in [-0.15, -0.1) is 11.3 Å². The highest BCUT2D eigenvalue weighted by Crippen LogP contribution is 2.30. The number of aryl methyl sites for hydroxylation is 1. The van der Waals surface area contributed by atoms with Gasteiger partial charge >= 0.3 is 0 Å². The molecule has 19 heavy (non-hydrogen) atoms. The molecule has 0 bridgehead atoms. The Hall–Kier alpha value is -0.910. The zero-order valence-corrected chi connectivity index (χ0v) is 13.8. The highest BCUT2D eigenvalue weighted by Gasteiger charge is 2.14. The molecule has 0 saturated heterocycles. The van der Waals surface area contributed by atoms with Crippen LogP contribution in [0.4, 0.5) is 5.13 Å². The van der Waals surface area contributed by atoms with Gasteiger partial charge in [0.2, 0.25) is 0 Å². The molecule has 1 heterocycles. The molecule has 1 unspecified atom stereocenters. The first kappa shape index (κ1) is 14.5. The predicted octanol–water partition coefficient (Wildman–Crippen LogP) is 3.87. The summed E-state index contributed by atoms with van der Waals surface area (Å²) < 4.78 is 1.13. The molecule has 5 heteroatoms. The van der Waals surface area contributed by atoms with E-state index >= 15 is 0 Å². The van der Waals surface area contributed by atoms with Crippen LogP contribution >= 0.6 is 27.3 Å². The van der Waals surface area contributed by atoms with Crippen molar-refractivity contribution in [3.8, 4) is 0 Å². The van der Waals surface area contributed by atoms with Gasteiger partial charge < -0.3 is 10.6 Å². The van der Waals surface area contributed by atoms with Crippen molar-refractivity contribution in [2.24, 2.45) is 5.73 Å². The summed E-state index contributed by atoms with van der Waals surface area (Å²) in [6.45, 7) is 4.84. The topological polar surface area (TPSA) is 42.2 Å². The summed E-state index contributed by atoms with van der Waals surface area (Å²) in [5.41, 5.74) is 8.24. The quantitative estimate of drug-likeness (QED) is 0.919. The summed E-state index contributed by atoms with van der Waals surface area (Å²) in [5.74, 6) is 0. The van der Waals surface area contributed by atoms with Crippen LogP contribution in [0, 0.1) is 6.92 Å². The molecule has 2 aromatic rings. The number of rotatable bonds is 4. The van der Waals surface area contributed by atoms with Crippen molar-refractivity contribution < 1.29 is 0 Å². The van der Waals surface area contributed by atoms with Gasteiger partial charge in [-0.2, -0.15) is 0 Å². The molecule has 0 radical (unpaired) electrons. The zero-order valence-electron chi connectivity index (χ0n) is 11.4. The predicted molar refractivity (Wildman–Crippen MR) is 85.7 cm³/mol. The Morgan fingerprint density at radius 2 is 2.11 bits per heavy atom. The standard InChI is InChI=1S/C14H18BrN3S/c1-9(16)13-10(2)17-14(19-13)18(3)8-11-6-4-5-7-12(11)15/h4-7,9H,8,16H2,1-3H3. The summed E-state index contributed by atoms with van der Waals surface area (Å²) in [7, 11) is 2.06. The minimum atomic E-state index is 0.0445. The minimum Gasteiger partial charge on any atom is -0.347 e. The Balaban J connectivity index is 2.19. The largest absolute Gasteiger partial charge is 0.347 e. The van der Waals surface area contributed by atoms with E-state index in [1.165, 1.54) is 5.56 Å². The molecule has 2 N–H and O–H groups in total. The maximum atomic E-state index is 5.95. The Bertz CT molecular complexity index is 566. The molecular weight excluding hydrogens is 322 g/mol. The lowest BCUT2D eigenvalue weighted by atomic mass is 10.2. The van der Waals surface area contributed by atoms with Crippen molar-refractivity contribution in [1.29, 1.82) is 0 Å². The molecule has 0 aliphatic carbocycles. The smallest absolute Gasteiger partial charge is 0.185 e. The Morgan fingerprint density at radius 3 is 2.68 bits per heavy atom. The van der Waals surface area contributed by atoms with E-state index in [1.54, 1.807) is 11.3 Å². The van der Waals surface area contributed by atoms with E-state index in [9.17, 15) is 0 Å². The number of nitrogens with two attached hydrogens (primary N) is 1. The van der Waals surface area contributed by atoms with Gasteiger partial charge in [0.15, 0.2) is 5.13 Å². The molecule has 0 saturated carbocycles. The van der Waals surface area contributed by atoms with Gasteiger partial charge in [0.05, 0.1) is 5.69 Å². The molecule has 102 valence electrons. The van der Waals surface area contributed by atoms with E-state index in [0.29, 0.717) is 0 Å². The molecule has 0 aliphatic rings. The average molecular weight is 340 g/mol. The van der Waals surface area contributed by atoms with Crippen LogP contribution in [-0.4, -0.2) is 12.0 Å². The lowest BCUT2D eigenvalue weighted by Crippen LogP contribution is -2.16. The minimum absolute atomic E-state index is 0.0445. The second-order valence-corrected chi connectivity index (χ2v) is 6.55. The van der Waals surface area contributed by atoms with Crippen molar-refractivity contribution in [3.63, 3.8) is 0 Å². The third-order valence-corrected chi connectivity index (χ3v) is 5.17. The number of hydrogen-bond acceptors (Lipinski definition) is 4. The van der Waals surface area contributed by atoms with Gasteiger partial charge in [-0.3, -0.25) is 0 Å². The fourth-order valence-corrected chi connectivity index (χ4v) is 3.32. The van der Waals surface area contributed by atoms with Crippen molar-refractivity contribution in [1.82, 2.24) is 4.98 Å². The lowest BCUT2D eigenvalue weighted by molar-refractivity contribution is 0.824. The van der Waals surface area contributed by atoms with Gasteiger partial charge in [0.25, 0.3) is 0 Å². The molecule has 0 spiro atoms. The summed E-state index contributed by atoms with van der Waals surface area (Å²) in [6.07, 6.45) is 0. The molecule has 0 amide bonds. The van der Waals surface area contributed by atoms with Crippen molar-refractivity contribution in [2.45, 2.75) is 26.4 Å². The summed E-state index contributed by atoms with van der Waals surface area (Å²) in [4.78, 5) is 7.92. The SMILES string of the molecule is Cc1nc(N(C)Cc2ccccc2Br)sc1C(C)N. The first-order valence-corrected chi connectivity index (χ1v) is 7.77. The van der Waals surface area contributed by atoms with Crippen LogP contribution in [0.15, 0.2) is 28.7 Å². The van der Waals surface area contributed by atoms with Crippen LogP contribution in [0.1, 0.15) is 29.1 Å². The van der Waals surface area contributed by atoms with Crippen molar-refractivity contribution in [3.05, 3.63) is 44.9 Å². The number of thiazole rings is 1. The zero-order chi connectivity index (χ0) is 14.0. The average Bonchev–Trinajstić information content (AvgIpc) is 2.74. The maximum Gasteiger partial charge on any atom is 0.185 e. The van der Waals surface area contributed by atoms with Gasteiger partial charge in [-0.25, -0.2) is 4.98 Å². The van der Waals surface area contributed by atoms with Crippen molar-refractivity contribution in [2.75, 3.05) is 11.9 Å². The van der Waals surface area contributed by atoms with E-state index in [2.05, 4.69) is 51.1 Å². The number of aromatic nitrogens is 1. The van der Waals surface area contributed by atoms with Gasteiger partial charge in [-0.05, 0) is 25.5 Å². The second kappa shape index (κ2) is 6.03. The Kier molecular flexibility index (Phi) is 4.60. The van der Waals surface area contributed by atoms with Crippen LogP contribution in [0.25, 0.3) is 0 Å². The lowest BCUT2D eigenvalue weighted by Gasteiger charge is -2.16. The summed E-state index contributed by atoms with van der Waals surface area (Å²) in [6, 6.07) is 8.30. The second-order valence-electron chi connectivity index (χ2n) is 4.68. The van der Waals surface area contributed by atoms with E-state index in [1.807, 2.05) is 19.9 Å². The molecule has 1 aromatic heterocycles. The Morgan fingerprint density at radius 1 is 1.42 bits per heavy atom. The molecular formula is C14H18BrN3S. The van der Waals surface area contributed by atoms with E-state index in [-0.39, 0.29) is 6.04 Å². The van der Waals surface area contributed by atoms with Crippen LogP contribution in [0.5, 0.6) is 0 Å². The van der Waals surface area contributed by atoms with Crippen LogP contribution in [0.3, 0.4) is 0 Å². The highest BCUT2D eigenvalue weighted by molar-refractivity contribution is 9.10. The van der Waals surface area contributed by atoms with Crippen LogP contribution in [-0.2, 0) is 6.54 Å². The van der Waals surface area contributed by atoms with Gasteiger partial charge in [0.1, 0.15) is 0 Å². The third kappa shape index (κ3) is 3.35. The number of benzene rings is 1. The van der Waals surface area contributed by atoms with Gasteiger partial charge in [-0.1, -0.05) is 34.1 Å². The normalized spacial score (nSPS) is 12.5. The molecule has 1 aromatic carbocycles. The van der Waals surface area contributed by atoms with Crippen LogP contribution < -0.4 is 10.6 Å². The molecule has 0 fully saturated rings. The monoisotopic (exact) mass is 339 g/mol. The van der Waals surface area contributed by atoms with Crippen LogP contribution in [0.2, 0.25) is 0 Å². The van der Waals surface area contributed by atoms with E-state index in [0.717, 1.165) is 26.7 Å². The first-order chi connectivity index (χ1) is 8.99. The third-order valence-electron chi connectivity index (χ3n) is 2.93. The summed E-state index contributed by atoms with van der Waals surface area (Å²) in [5, 5.41) is 1.01. The molecule has 3 nitrogen and oxygen atoms in total. The maximum absolute atomic E-state index is 5.95. The number of halogens is 1. The molecule has 0 aliphatic heterocycles. The molecule has 2 rings (SSSR count). The van der Waals surface area contributed by atoms with Crippen molar-refractivity contribution >= 4 is 32.4 Å². The first-order valence-electron chi connectivity index (χ1n) is 6.16. The number of nitrogens with zero attached hydrogens (tertiary/aromatic N) is 2. The Labute approximate surface area is 126 Å². The van der Waals surface area contributed by atoms with E-state index < -0.39 is 0 Å². The fraction of sp³-hybridized carbons (Fsp3) is 0.357. The summed E-state index contributed by atoms with van der Waals surface area (Å²) >= 11 is 5.25. The number of hydrogen-bond donors (Lipinski definition) is 1. The van der Waals surface area contributed by atoms with E-state index in [4.69, 9.17) is 5.73 Å².